The average molecular weight is 638 g/mol. The Balaban J connectivity index is 1.23. The molecule has 46 heavy (non-hydrogen) atoms. The maximum Gasteiger partial charge on any atom is 0.193 e. The third-order valence-corrected chi connectivity index (χ3v) is 11.7. The van der Waals surface area contributed by atoms with Gasteiger partial charge in [0.2, 0.25) is 0 Å². The van der Waals surface area contributed by atoms with Crippen molar-refractivity contribution in [3.63, 3.8) is 0 Å². The van der Waals surface area contributed by atoms with Gasteiger partial charge in [-0.05, 0) is 92.3 Å². The van der Waals surface area contributed by atoms with Crippen molar-refractivity contribution in [2.75, 3.05) is 19.0 Å². The highest BCUT2D eigenvalue weighted by Crippen LogP contribution is 2.73. The van der Waals surface area contributed by atoms with Gasteiger partial charge in [-0.2, -0.15) is 0 Å². The molecule has 1 heterocycles. The number of nitrogens with two attached hydrogens (primary N) is 1. The van der Waals surface area contributed by atoms with Crippen LogP contribution in [0.15, 0.2) is 66.3 Å². The number of anilines is 1. The number of benzene rings is 2. The molecule has 0 radical (unpaired) electrons. The molecule has 1 aliphatic heterocycles. The van der Waals surface area contributed by atoms with Gasteiger partial charge in [-0.3, -0.25) is 14.0 Å². The SMILES string of the molecule is C[C@]12C=CC(=O)C=C1[C@@H](CF)C[C@H]1C3C[C@H]4O[C@@H](c5ccc(Oc6ccc(N)cc6)c(O)c5)O[C@@]4(C(=O)CO)[C@@]3(C)C[C@H](O)[C@@]12F. The minimum Gasteiger partial charge on any atom is -0.504 e. The van der Waals surface area contributed by atoms with Crippen molar-refractivity contribution in [3.8, 4) is 17.2 Å². The summed E-state index contributed by atoms with van der Waals surface area (Å²) in [5.74, 6) is -2.86. The predicted molar refractivity (Wildman–Crippen MR) is 161 cm³/mol. The number of hydrogen-bond donors (Lipinski definition) is 4. The summed E-state index contributed by atoms with van der Waals surface area (Å²) < 4.78 is 50.9. The van der Waals surface area contributed by atoms with E-state index < -0.39 is 77.4 Å². The Bertz CT molecular complexity index is 1660. The second-order valence-electron chi connectivity index (χ2n) is 13.8. The summed E-state index contributed by atoms with van der Waals surface area (Å²) in [6.07, 6.45) is 0.323. The molecule has 4 aliphatic carbocycles. The van der Waals surface area contributed by atoms with Crippen molar-refractivity contribution < 1.29 is 47.9 Å². The lowest BCUT2D eigenvalue weighted by atomic mass is 9.43. The maximum absolute atomic E-state index is 17.7. The summed E-state index contributed by atoms with van der Waals surface area (Å²) in [6, 6.07) is 11.2. The zero-order valence-electron chi connectivity index (χ0n) is 25.5. The predicted octanol–water partition coefficient (Wildman–Crippen LogP) is 4.66. The second kappa shape index (κ2) is 10.4. The molecule has 11 heteroatoms. The first-order valence-electron chi connectivity index (χ1n) is 15.5. The molecule has 0 amide bonds. The molecule has 0 bridgehead atoms. The Morgan fingerprint density at radius 3 is 2.54 bits per heavy atom. The Kier molecular flexibility index (Phi) is 7.03. The molecule has 1 saturated heterocycles. The number of ether oxygens (including phenoxy) is 3. The van der Waals surface area contributed by atoms with E-state index in [9.17, 15) is 29.3 Å². The molecule has 4 fully saturated rings. The number of aliphatic hydroxyl groups excluding tert-OH is 2. The summed E-state index contributed by atoms with van der Waals surface area (Å²) >= 11 is 0. The monoisotopic (exact) mass is 637 g/mol. The molecule has 9 nitrogen and oxygen atoms in total. The maximum atomic E-state index is 17.7. The van der Waals surface area contributed by atoms with Gasteiger partial charge in [-0.25, -0.2) is 4.39 Å². The van der Waals surface area contributed by atoms with E-state index in [4.69, 9.17) is 19.9 Å². The number of carbonyl (C=O) groups is 2. The largest absolute Gasteiger partial charge is 0.504 e. The molecular weight excluding hydrogens is 600 g/mol. The molecule has 0 spiro atoms. The van der Waals surface area contributed by atoms with E-state index in [-0.39, 0.29) is 36.5 Å². The molecule has 3 saturated carbocycles. The van der Waals surface area contributed by atoms with Crippen LogP contribution in [0.4, 0.5) is 14.5 Å². The Morgan fingerprint density at radius 1 is 1.13 bits per heavy atom. The topological polar surface area (TPSA) is 149 Å². The third kappa shape index (κ3) is 3.98. The van der Waals surface area contributed by atoms with E-state index in [0.29, 0.717) is 22.6 Å². The summed E-state index contributed by atoms with van der Waals surface area (Å²) in [5.41, 5.74) is 0.333. The first-order chi connectivity index (χ1) is 21.8. The van der Waals surface area contributed by atoms with Crippen LogP contribution in [0.25, 0.3) is 0 Å². The fourth-order valence-corrected chi connectivity index (χ4v) is 9.50. The fourth-order valence-electron chi connectivity index (χ4n) is 9.50. The zero-order valence-corrected chi connectivity index (χ0v) is 25.5. The number of aromatic hydroxyl groups is 1. The second-order valence-corrected chi connectivity index (χ2v) is 13.8. The lowest BCUT2D eigenvalue weighted by molar-refractivity contribution is -0.235. The smallest absolute Gasteiger partial charge is 0.193 e. The van der Waals surface area contributed by atoms with E-state index in [0.717, 1.165) is 0 Å². The average Bonchev–Trinajstić information content (AvgIpc) is 3.53. The molecule has 5 aliphatic rings. The molecule has 5 N–H and O–H groups in total. The van der Waals surface area contributed by atoms with Crippen LogP contribution >= 0.6 is 0 Å². The van der Waals surface area contributed by atoms with Crippen molar-refractivity contribution in [3.05, 3.63) is 71.8 Å². The standard InChI is InChI=1S/C35H37F2NO8/c1-32-10-9-21(40)13-23(32)19(16-36)11-25-24-14-30-35(29(43)17-39,33(24,2)15-28(42)34(25,32)37)46-31(45-30)18-3-8-27(26(41)12-18)44-22-6-4-20(38)5-7-22/h3-10,12-13,19,24-25,28,30-31,39,41-42H,11,14-17,38H2,1-2H3/t19-,24?,25+,28+,30-,31-,32+,33+,34+,35-/m1/s1. The molecular formula is C35H37F2NO8. The van der Waals surface area contributed by atoms with E-state index in [2.05, 4.69) is 0 Å². The first-order valence-corrected chi connectivity index (χ1v) is 15.5. The minimum atomic E-state index is -2.26. The van der Waals surface area contributed by atoms with Crippen LogP contribution in [0.5, 0.6) is 17.2 Å². The van der Waals surface area contributed by atoms with E-state index in [1.165, 1.54) is 30.4 Å². The van der Waals surface area contributed by atoms with Crippen LogP contribution in [-0.2, 0) is 19.1 Å². The van der Waals surface area contributed by atoms with Crippen LogP contribution in [0.2, 0.25) is 0 Å². The molecule has 1 unspecified atom stereocenters. The molecule has 2 aromatic carbocycles. The number of carbonyl (C=O) groups excluding carboxylic acids is 2. The number of rotatable bonds is 6. The van der Waals surface area contributed by atoms with Gasteiger partial charge in [0.05, 0.1) is 18.9 Å². The van der Waals surface area contributed by atoms with Crippen molar-refractivity contribution in [1.29, 1.82) is 0 Å². The fraction of sp³-hybridized carbons (Fsp3) is 0.486. The van der Waals surface area contributed by atoms with Crippen LogP contribution in [0.3, 0.4) is 0 Å². The summed E-state index contributed by atoms with van der Waals surface area (Å²) in [7, 11) is 0. The lowest BCUT2D eigenvalue weighted by Gasteiger charge is -2.63. The molecule has 10 atom stereocenters. The Labute approximate surface area is 264 Å². The molecule has 244 valence electrons. The highest BCUT2D eigenvalue weighted by molar-refractivity contribution is 6.01. The number of aliphatic hydroxyl groups is 2. The van der Waals surface area contributed by atoms with Crippen molar-refractivity contribution in [2.24, 2.45) is 28.6 Å². The van der Waals surface area contributed by atoms with Gasteiger partial charge in [0, 0.05) is 33.9 Å². The first kappa shape index (κ1) is 31.0. The van der Waals surface area contributed by atoms with Gasteiger partial charge in [0.1, 0.15) is 12.4 Å². The van der Waals surface area contributed by atoms with E-state index in [1.807, 2.05) is 0 Å². The van der Waals surface area contributed by atoms with Gasteiger partial charge >= 0.3 is 0 Å². The summed E-state index contributed by atoms with van der Waals surface area (Å²) in [4.78, 5) is 26.0. The third-order valence-electron chi connectivity index (χ3n) is 11.7. The minimum absolute atomic E-state index is 0.0236. The van der Waals surface area contributed by atoms with Crippen molar-refractivity contribution >= 4 is 17.3 Å². The number of Topliss-reactive ketones (excluding diaryl/α,β-unsaturated/α-hetero) is 1. The van der Waals surface area contributed by atoms with E-state index >= 15 is 4.39 Å². The van der Waals surface area contributed by atoms with Crippen LogP contribution in [0, 0.1) is 28.6 Å². The number of nitrogen functional groups attached to an aromatic ring is 1. The zero-order chi connectivity index (χ0) is 32.8. The van der Waals surface area contributed by atoms with Gasteiger partial charge < -0.3 is 35.3 Å². The number of alkyl halides is 2. The number of hydrogen-bond acceptors (Lipinski definition) is 9. The van der Waals surface area contributed by atoms with Crippen molar-refractivity contribution in [1.82, 2.24) is 0 Å². The van der Waals surface area contributed by atoms with Gasteiger partial charge in [0.15, 0.2) is 40.6 Å². The highest BCUT2D eigenvalue weighted by Gasteiger charge is 2.79. The quantitative estimate of drug-likeness (QED) is 0.332. The Morgan fingerprint density at radius 2 is 1.87 bits per heavy atom. The van der Waals surface area contributed by atoms with Crippen LogP contribution in [0.1, 0.15) is 45.0 Å². The van der Waals surface area contributed by atoms with Crippen LogP contribution < -0.4 is 10.5 Å². The highest BCUT2D eigenvalue weighted by atomic mass is 19.1. The Hall–Kier alpha value is -3.64. The number of phenols is 1. The van der Waals surface area contributed by atoms with Gasteiger partial charge in [-0.15, -0.1) is 0 Å². The molecule has 7 rings (SSSR count). The molecule has 2 aromatic rings. The number of ketones is 2. The molecule has 0 aromatic heterocycles. The summed E-state index contributed by atoms with van der Waals surface area (Å²) in [6.45, 7) is 1.66. The lowest BCUT2D eigenvalue weighted by Crippen LogP contribution is -2.70. The number of phenolic OH excluding ortho intramolecular Hbond substituents is 1. The van der Waals surface area contributed by atoms with Gasteiger partial charge in [-0.1, -0.05) is 13.0 Å². The normalized spacial score (nSPS) is 40.8. The summed E-state index contributed by atoms with van der Waals surface area (Å²) in [5, 5.41) is 32.7. The van der Waals surface area contributed by atoms with Crippen LogP contribution in [-0.4, -0.2) is 63.6 Å². The number of fused-ring (bicyclic) bond motifs is 7. The van der Waals surface area contributed by atoms with E-state index in [1.54, 1.807) is 44.2 Å². The number of allylic oxidation sites excluding steroid dienone is 4. The van der Waals surface area contributed by atoms with Crippen molar-refractivity contribution in [2.45, 2.75) is 62.9 Å². The number of halogens is 2. The van der Waals surface area contributed by atoms with Gasteiger partial charge in [0.25, 0.3) is 0 Å².